The van der Waals surface area contributed by atoms with Crippen molar-refractivity contribution < 1.29 is 0 Å². The van der Waals surface area contributed by atoms with Crippen molar-refractivity contribution in [3.63, 3.8) is 0 Å². The first kappa shape index (κ1) is 11.3. The van der Waals surface area contributed by atoms with Gasteiger partial charge in [-0.15, -0.1) is 0 Å². The van der Waals surface area contributed by atoms with E-state index in [1.165, 1.54) is 37.7 Å². The van der Waals surface area contributed by atoms with Gasteiger partial charge in [-0.05, 0) is 42.7 Å². The predicted molar refractivity (Wildman–Crippen MR) is 74.5 cm³/mol. The Morgan fingerprint density at radius 1 is 1.21 bits per heavy atom. The summed E-state index contributed by atoms with van der Waals surface area (Å²) in [6, 6.07) is 9.48. The molecule has 0 amide bonds. The molecule has 1 aromatic carbocycles. The fourth-order valence-electron chi connectivity index (χ4n) is 5.10. The van der Waals surface area contributed by atoms with Gasteiger partial charge >= 0.3 is 0 Å². The van der Waals surface area contributed by atoms with Crippen molar-refractivity contribution in [2.24, 2.45) is 5.92 Å². The van der Waals surface area contributed by atoms with Crippen molar-refractivity contribution in [1.82, 2.24) is 4.90 Å². The van der Waals surface area contributed by atoms with E-state index in [4.69, 9.17) is 0 Å². The largest absolute Gasteiger partial charge is 0.307 e. The second-order valence-electron chi connectivity index (χ2n) is 6.48. The lowest BCUT2D eigenvalue weighted by molar-refractivity contribution is 0.0182. The zero-order valence-corrected chi connectivity index (χ0v) is 11.3. The van der Waals surface area contributed by atoms with E-state index < -0.39 is 0 Å². The van der Waals surface area contributed by atoms with Gasteiger partial charge in [-0.3, -0.25) is 0 Å². The molecule has 3 aliphatic rings. The summed E-state index contributed by atoms with van der Waals surface area (Å²) in [4.78, 5) is 2.07. The van der Waals surface area contributed by atoms with Crippen LogP contribution < -0.4 is 0 Å². The predicted octanol–water partition coefficient (Wildman–Crippen LogP) is 3.23. The van der Waals surface area contributed by atoms with Crippen molar-refractivity contribution in [3.8, 4) is 6.19 Å². The zero-order chi connectivity index (χ0) is 12.9. The Labute approximate surface area is 115 Å². The lowest BCUT2D eigenvalue weighted by Gasteiger charge is -2.57. The Morgan fingerprint density at radius 2 is 2.11 bits per heavy atom. The molecule has 0 N–H and O–H groups in total. The molecule has 1 aromatic rings. The van der Waals surface area contributed by atoms with Gasteiger partial charge in [-0.2, -0.15) is 5.26 Å². The van der Waals surface area contributed by atoms with E-state index in [9.17, 15) is 5.26 Å². The molecule has 0 spiro atoms. The van der Waals surface area contributed by atoms with Gasteiger partial charge in [0.1, 0.15) is 0 Å². The van der Waals surface area contributed by atoms with E-state index in [1.54, 1.807) is 5.56 Å². The highest BCUT2D eigenvalue weighted by Crippen LogP contribution is 2.55. The number of hydrogen-bond donors (Lipinski definition) is 0. The Morgan fingerprint density at radius 3 is 3.00 bits per heavy atom. The summed E-state index contributed by atoms with van der Waals surface area (Å²) in [6.07, 6.45) is 10.1. The van der Waals surface area contributed by atoms with E-state index in [-0.39, 0.29) is 0 Å². The van der Waals surface area contributed by atoms with Crippen LogP contribution >= 0.6 is 0 Å². The molecule has 0 radical (unpaired) electrons. The van der Waals surface area contributed by atoms with E-state index in [0.29, 0.717) is 17.4 Å². The zero-order valence-electron chi connectivity index (χ0n) is 11.3. The number of rotatable bonds is 0. The molecule has 1 aliphatic heterocycles. The number of nitriles is 1. The maximum absolute atomic E-state index is 9.41. The fraction of sp³-hybridized carbons (Fsp3) is 0.588. The molecule has 2 heteroatoms. The van der Waals surface area contributed by atoms with Crippen LogP contribution in [-0.2, 0) is 11.8 Å². The lowest BCUT2D eigenvalue weighted by atomic mass is 9.52. The highest BCUT2D eigenvalue weighted by atomic mass is 15.2. The Hall–Kier alpha value is -1.49. The first-order chi connectivity index (χ1) is 9.35. The number of fused-ring (bicyclic) bond motifs is 1. The molecule has 3 atom stereocenters. The standard InChI is InChI=1S/C17H20N2/c18-12-19-10-9-17-8-4-3-7-15(17)16(19)11-13-5-1-2-6-14(13)17/h1-2,5-6,15-16H,3-4,7-11H2/t15-,16+,17-/m0/s1. The smallest absolute Gasteiger partial charge is 0.179 e. The third kappa shape index (κ3) is 1.42. The van der Waals surface area contributed by atoms with Crippen LogP contribution in [0, 0.1) is 17.4 Å². The van der Waals surface area contributed by atoms with Gasteiger partial charge in [-0.1, -0.05) is 37.1 Å². The van der Waals surface area contributed by atoms with E-state index in [1.807, 2.05) is 0 Å². The number of likely N-dealkylation sites (tertiary alicyclic amines) is 1. The third-order valence-corrected chi connectivity index (χ3v) is 5.87. The van der Waals surface area contributed by atoms with Crippen molar-refractivity contribution in [3.05, 3.63) is 35.4 Å². The summed E-state index contributed by atoms with van der Waals surface area (Å²) in [5.41, 5.74) is 3.52. The summed E-state index contributed by atoms with van der Waals surface area (Å²) in [5.74, 6) is 0.713. The molecule has 2 aliphatic carbocycles. The maximum Gasteiger partial charge on any atom is 0.179 e. The Bertz CT molecular complexity index is 544. The molecule has 19 heavy (non-hydrogen) atoms. The third-order valence-electron chi connectivity index (χ3n) is 5.87. The van der Waals surface area contributed by atoms with Gasteiger partial charge in [0, 0.05) is 18.0 Å². The Kier molecular flexibility index (Phi) is 2.39. The van der Waals surface area contributed by atoms with Gasteiger partial charge in [-0.25, -0.2) is 0 Å². The lowest BCUT2D eigenvalue weighted by Crippen LogP contribution is -2.59. The first-order valence-corrected chi connectivity index (χ1v) is 7.60. The maximum atomic E-state index is 9.41. The molecular weight excluding hydrogens is 232 g/mol. The second kappa shape index (κ2) is 4.00. The average molecular weight is 252 g/mol. The fourth-order valence-corrected chi connectivity index (χ4v) is 5.10. The molecule has 0 aromatic heterocycles. The molecule has 98 valence electrons. The normalized spacial score (nSPS) is 36.1. The highest BCUT2D eigenvalue weighted by molar-refractivity contribution is 5.41. The van der Waals surface area contributed by atoms with Gasteiger partial charge < -0.3 is 4.90 Å². The minimum Gasteiger partial charge on any atom is -0.307 e. The summed E-state index contributed by atoms with van der Waals surface area (Å²) >= 11 is 0. The minimum atomic E-state index is 0.394. The summed E-state index contributed by atoms with van der Waals surface area (Å²) in [6.45, 7) is 0.964. The van der Waals surface area contributed by atoms with Crippen molar-refractivity contribution in [2.75, 3.05) is 6.54 Å². The van der Waals surface area contributed by atoms with Gasteiger partial charge in [0.25, 0.3) is 0 Å². The van der Waals surface area contributed by atoms with Gasteiger partial charge in [0.2, 0.25) is 0 Å². The molecule has 2 fully saturated rings. The number of nitrogens with zero attached hydrogens (tertiary/aromatic N) is 2. The summed E-state index contributed by atoms with van der Waals surface area (Å²) in [7, 11) is 0. The molecule has 1 heterocycles. The number of hydrogen-bond acceptors (Lipinski definition) is 2. The van der Waals surface area contributed by atoms with Crippen LogP contribution in [0.3, 0.4) is 0 Å². The van der Waals surface area contributed by atoms with Crippen LogP contribution in [0.25, 0.3) is 0 Å². The molecular formula is C17H20N2. The monoisotopic (exact) mass is 252 g/mol. The number of piperidine rings is 1. The van der Waals surface area contributed by atoms with E-state index >= 15 is 0 Å². The van der Waals surface area contributed by atoms with Gasteiger partial charge in [0.15, 0.2) is 6.19 Å². The van der Waals surface area contributed by atoms with E-state index in [2.05, 4.69) is 35.4 Å². The summed E-state index contributed by atoms with van der Waals surface area (Å²) in [5, 5.41) is 9.41. The van der Waals surface area contributed by atoms with Crippen LogP contribution in [0.15, 0.2) is 24.3 Å². The molecule has 2 nitrogen and oxygen atoms in total. The average Bonchev–Trinajstić information content (AvgIpc) is 2.47. The molecule has 1 saturated heterocycles. The highest BCUT2D eigenvalue weighted by Gasteiger charge is 2.53. The topological polar surface area (TPSA) is 27.0 Å². The van der Waals surface area contributed by atoms with Crippen LogP contribution in [0.1, 0.15) is 43.2 Å². The van der Waals surface area contributed by atoms with Crippen molar-refractivity contribution in [1.29, 1.82) is 5.26 Å². The van der Waals surface area contributed by atoms with Crippen molar-refractivity contribution in [2.45, 2.75) is 50.0 Å². The van der Waals surface area contributed by atoms with Crippen LogP contribution in [0.5, 0.6) is 0 Å². The van der Waals surface area contributed by atoms with Gasteiger partial charge in [0.05, 0.1) is 0 Å². The minimum absolute atomic E-state index is 0.394. The second-order valence-corrected chi connectivity index (χ2v) is 6.48. The summed E-state index contributed by atoms with van der Waals surface area (Å²) < 4.78 is 0. The quantitative estimate of drug-likeness (QED) is 0.663. The van der Waals surface area contributed by atoms with Crippen LogP contribution in [0.4, 0.5) is 0 Å². The van der Waals surface area contributed by atoms with E-state index in [0.717, 1.165) is 13.0 Å². The molecule has 4 rings (SSSR count). The SMILES string of the molecule is N#CN1CC[C@]23CCCC[C@H]2[C@H]1Cc1ccccc13. The van der Waals surface area contributed by atoms with Crippen LogP contribution in [-0.4, -0.2) is 17.5 Å². The first-order valence-electron chi connectivity index (χ1n) is 7.60. The molecule has 0 unspecified atom stereocenters. The number of benzene rings is 1. The molecule has 1 saturated carbocycles. The van der Waals surface area contributed by atoms with Crippen molar-refractivity contribution >= 4 is 0 Å². The molecule has 2 bridgehead atoms. The Balaban J connectivity index is 1.89. The van der Waals surface area contributed by atoms with Crippen LogP contribution in [0.2, 0.25) is 0 Å².